The van der Waals surface area contributed by atoms with Gasteiger partial charge in [0.25, 0.3) is 0 Å². The summed E-state index contributed by atoms with van der Waals surface area (Å²) < 4.78 is 0. The number of thioether (sulfide) groups is 1. The molecule has 0 atom stereocenters. The van der Waals surface area contributed by atoms with Gasteiger partial charge < -0.3 is 15.7 Å². The van der Waals surface area contributed by atoms with E-state index < -0.39 is 5.97 Å². The average molecular weight is 241 g/mol. The number of pyridine rings is 1. The first-order chi connectivity index (χ1) is 7.57. The number of nitrogens with two attached hydrogens (primary N) is 1. The first-order valence-electron chi connectivity index (χ1n) is 4.75. The van der Waals surface area contributed by atoms with Gasteiger partial charge in [0.1, 0.15) is 0 Å². The van der Waals surface area contributed by atoms with Gasteiger partial charge >= 0.3 is 5.97 Å². The molecule has 0 spiro atoms. The second-order valence-electron chi connectivity index (χ2n) is 3.32. The molecule has 0 unspecified atom stereocenters. The minimum absolute atomic E-state index is 0.0981. The van der Waals surface area contributed by atoms with E-state index in [0.717, 1.165) is 12.3 Å². The normalized spacial score (nSPS) is 10.1. The quantitative estimate of drug-likeness (QED) is 0.805. The molecule has 1 aromatic heterocycles. The zero-order valence-corrected chi connectivity index (χ0v) is 10.1. The molecule has 1 rings (SSSR count). The van der Waals surface area contributed by atoms with Gasteiger partial charge in [0.2, 0.25) is 0 Å². The van der Waals surface area contributed by atoms with Crippen molar-refractivity contribution in [3.8, 4) is 0 Å². The summed E-state index contributed by atoms with van der Waals surface area (Å²) in [7, 11) is 1.85. The van der Waals surface area contributed by atoms with Gasteiger partial charge in [-0.1, -0.05) is 0 Å². The number of carboxylic acids is 1. The number of carboxylic acid groups (broad SMARTS) is 1. The van der Waals surface area contributed by atoms with Crippen LogP contribution in [0, 0.1) is 0 Å². The Morgan fingerprint density at radius 2 is 2.38 bits per heavy atom. The Kier molecular flexibility index (Phi) is 4.42. The van der Waals surface area contributed by atoms with Gasteiger partial charge in [0.15, 0.2) is 5.82 Å². The van der Waals surface area contributed by atoms with Gasteiger partial charge in [-0.15, -0.1) is 0 Å². The summed E-state index contributed by atoms with van der Waals surface area (Å²) in [6.45, 7) is 0.779. The van der Waals surface area contributed by atoms with E-state index in [-0.39, 0.29) is 11.3 Å². The third kappa shape index (κ3) is 2.79. The molecule has 16 heavy (non-hydrogen) atoms. The summed E-state index contributed by atoms with van der Waals surface area (Å²) in [5, 5.41) is 8.92. The van der Waals surface area contributed by atoms with Crippen LogP contribution in [0.25, 0.3) is 0 Å². The molecule has 1 aromatic rings. The zero-order valence-electron chi connectivity index (χ0n) is 9.30. The van der Waals surface area contributed by atoms with E-state index in [1.54, 1.807) is 11.8 Å². The largest absolute Gasteiger partial charge is 0.478 e. The predicted octanol–water partition coefficient (Wildman–Crippen LogP) is 1.16. The Balaban J connectivity index is 2.96. The lowest BCUT2D eigenvalue weighted by Crippen LogP contribution is -2.23. The van der Waals surface area contributed by atoms with Crippen LogP contribution in [0.3, 0.4) is 0 Å². The number of nitrogen functional groups attached to an aromatic ring is 1. The fraction of sp³-hybridized carbons (Fsp3) is 0.400. The number of aromatic carboxylic acids is 1. The van der Waals surface area contributed by atoms with E-state index in [2.05, 4.69) is 4.98 Å². The Morgan fingerprint density at radius 1 is 1.69 bits per heavy atom. The second-order valence-corrected chi connectivity index (χ2v) is 4.30. The third-order valence-corrected chi connectivity index (χ3v) is 2.78. The standard InChI is InChI=1S/C10H15N3O2S/c1-13(5-6-16-2)9-8(11)7(10(14)15)3-4-12-9/h3-4H,5-6,11H2,1-2H3,(H,14,15). The van der Waals surface area contributed by atoms with E-state index >= 15 is 0 Å². The lowest BCUT2D eigenvalue weighted by Gasteiger charge is -2.19. The fourth-order valence-electron chi connectivity index (χ4n) is 1.29. The van der Waals surface area contributed by atoms with Crippen LogP contribution in [0.1, 0.15) is 10.4 Å². The molecule has 88 valence electrons. The highest BCUT2D eigenvalue weighted by molar-refractivity contribution is 7.98. The van der Waals surface area contributed by atoms with Crippen LogP contribution in [0.4, 0.5) is 11.5 Å². The molecular formula is C10H15N3O2S. The van der Waals surface area contributed by atoms with Gasteiger partial charge in [0, 0.05) is 25.5 Å². The molecular weight excluding hydrogens is 226 g/mol. The van der Waals surface area contributed by atoms with Crippen LogP contribution in [0.15, 0.2) is 12.3 Å². The van der Waals surface area contributed by atoms with E-state index in [1.165, 1.54) is 12.3 Å². The molecule has 5 nitrogen and oxygen atoms in total. The summed E-state index contributed by atoms with van der Waals surface area (Å²) in [5.41, 5.74) is 6.08. The van der Waals surface area contributed by atoms with Crippen molar-refractivity contribution >= 4 is 29.2 Å². The second kappa shape index (κ2) is 5.60. The molecule has 0 aliphatic rings. The smallest absolute Gasteiger partial charge is 0.337 e. The maximum absolute atomic E-state index is 10.9. The van der Waals surface area contributed by atoms with E-state index in [0.29, 0.717) is 5.82 Å². The Morgan fingerprint density at radius 3 is 2.94 bits per heavy atom. The molecule has 0 aromatic carbocycles. The predicted molar refractivity (Wildman–Crippen MR) is 67.3 cm³/mol. The van der Waals surface area contributed by atoms with Crippen molar-refractivity contribution in [3.63, 3.8) is 0 Å². The number of hydrogen-bond acceptors (Lipinski definition) is 5. The Hall–Kier alpha value is -1.43. The van der Waals surface area contributed by atoms with Crippen LogP contribution in [-0.2, 0) is 0 Å². The SMILES string of the molecule is CSCCN(C)c1nccc(C(=O)O)c1N. The van der Waals surface area contributed by atoms with Crippen molar-refractivity contribution in [2.75, 3.05) is 36.2 Å². The number of nitrogens with zero attached hydrogens (tertiary/aromatic N) is 2. The van der Waals surface area contributed by atoms with Crippen molar-refractivity contribution in [2.45, 2.75) is 0 Å². The van der Waals surface area contributed by atoms with Crippen molar-refractivity contribution in [2.24, 2.45) is 0 Å². The highest BCUT2D eigenvalue weighted by Gasteiger charge is 2.14. The highest BCUT2D eigenvalue weighted by atomic mass is 32.2. The molecule has 0 amide bonds. The molecule has 0 radical (unpaired) electrons. The molecule has 0 saturated heterocycles. The number of rotatable bonds is 5. The van der Waals surface area contributed by atoms with Gasteiger partial charge in [-0.05, 0) is 12.3 Å². The van der Waals surface area contributed by atoms with Crippen LogP contribution < -0.4 is 10.6 Å². The molecule has 0 aliphatic heterocycles. The first-order valence-corrected chi connectivity index (χ1v) is 6.15. The molecule has 0 aliphatic carbocycles. The Bertz CT molecular complexity index is 384. The average Bonchev–Trinajstić information content (AvgIpc) is 2.25. The van der Waals surface area contributed by atoms with Crippen molar-refractivity contribution in [1.82, 2.24) is 4.98 Å². The van der Waals surface area contributed by atoms with E-state index in [1.807, 2.05) is 18.2 Å². The number of anilines is 2. The molecule has 6 heteroatoms. The lowest BCUT2D eigenvalue weighted by molar-refractivity contribution is 0.0698. The first kappa shape index (κ1) is 12.6. The van der Waals surface area contributed by atoms with Gasteiger partial charge in [-0.3, -0.25) is 0 Å². The number of hydrogen-bond donors (Lipinski definition) is 2. The number of carbonyl (C=O) groups is 1. The topological polar surface area (TPSA) is 79.5 Å². The monoisotopic (exact) mass is 241 g/mol. The third-order valence-electron chi connectivity index (χ3n) is 2.19. The maximum Gasteiger partial charge on any atom is 0.337 e. The number of aromatic nitrogens is 1. The molecule has 1 heterocycles. The molecule has 3 N–H and O–H groups in total. The van der Waals surface area contributed by atoms with Crippen LogP contribution >= 0.6 is 11.8 Å². The summed E-state index contributed by atoms with van der Waals surface area (Å²) >= 11 is 1.71. The summed E-state index contributed by atoms with van der Waals surface area (Å²) in [6.07, 6.45) is 3.48. The van der Waals surface area contributed by atoms with Gasteiger partial charge in [0.05, 0.1) is 11.3 Å². The highest BCUT2D eigenvalue weighted by Crippen LogP contribution is 2.22. The summed E-state index contributed by atoms with van der Waals surface area (Å²) in [6, 6.07) is 1.41. The maximum atomic E-state index is 10.9. The van der Waals surface area contributed by atoms with Crippen molar-refractivity contribution in [1.29, 1.82) is 0 Å². The molecule has 0 bridgehead atoms. The van der Waals surface area contributed by atoms with Crippen LogP contribution in [-0.4, -0.2) is 41.7 Å². The van der Waals surface area contributed by atoms with E-state index in [4.69, 9.17) is 10.8 Å². The minimum atomic E-state index is -1.03. The minimum Gasteiger partial charge on any atom is -0.478 e. The Labute approximate surface area is 98.7 Å². The summed E-state index contributed by atoms with van der Waals surface area (Å²) in [4.78, 5) is 16.8. The van der Waals surface area contributed by atoms with Crippen molar-refractivity contribution < 1.29 is 9.90 Å². The van der Waals surface area contributed by atoms with E-state index in [9.17, 15) is 4.79 Å². The van der Waals surface area contributed by atoms with Crippen LogP contribution in [0.5, 0.6) is 0 Å². The van der Waals surface area contributed by atoms with Crippen molar-refractivity contribution in [3.05, 3.63) is 17.8 Å². The molecule has 0 saturated carbocycles. The van der Waals surface area contributed by atoms with Gasteiger partial charge in [-0.25, -0.2) is 9.78 Å². The lowest BCUT2D eigenvalue weighted by atomic mass is 10.2. The van der Waals surface area contributed by atoms with Crippen LogP contribution in [0.2, 0.25) is 0 Å². The van der Waals surface area contributed by atoms with Gasteiger partial charge in [-0.2, -0.15) is 11.8 Å². The molecule has 0 fully saturated rings. The fourth-order valence-corrected chi connectivity index (χ4v) is 1.74. The summed E-state index contributed by atoms with van der Waals surface area (Å²) in [5.74, 6) is 0.433. The zero-order chi connectivity index (χ0) is 12.1.